The number of rotatable bonds is 14. The van der Waals surface area contributed by atoms with Crippen molar-refractivity contribution in [3.63, 3.8) is 0 Å². The van der Waals surface area contributed by atoms with Gasteiger partial charge < -0.3 is 29.4 Å². The number of methoxy groups -OCH3 is 3. The highest BCUT2D eigenvalue weighted by molar-refractivity contribution is 5.87. The van der Waals surface area contributed by atoms with Gasteiger partial charge in [-0.1, -0.05) is 12.1 Å². The van der Waals surface area contributed by atoms with Gasteiger partial charge in [-0.05, 0) is 61.2 Å². The molecule has 0 fully saturated rings. The Bertz CT molecular complexity index is 766. The van der Waals surface area contributed by atoms with Gasteiger partial charge in [0.25, 0.3) is 0 Å². The number of carbonyl (C=O) groups is 1. The van der Waals surface area contributed by atoms with Crippen molar-refractivity contribution in [1.82, 2.24) is 5.32 Å². The molecule has 0 radical (unpaired) electrons. The normalized spacial score (nSPS) is 10.6. The van der Waals surface area contributed by atoms with Crippen LogP contribution < -0.4 is 19.5 Å². The van der Waals surface area contributed by atoms with Gasteiger partial charge >= 0.3 is 5.97 Å². The van der Waals surface area contributed by atoms with Crippen LogP contribution in [0.5, 0.6) is 17.2 Å². The van der Waals surface area contributed by atoms with Gasteiger partial charge in [-0.2, -0.15) is 0 Å². The molecule has 0 spiro atoms. The number of ether oxygens (including phenoxy) is 4. The van der Waals surface area contributed by atoms with Crippen LogP contribution in [-0.4, -0.2) is 45.6 Å². The smallest absolute Gasteiger partial charge is 0.335 e. The van der Waals surface area contributed by atoms with Crippen LogP contribution in [0.25, 0.3) is 0 Å². The molecule has 0 heterocycles. The second-order valence-electron chi connectivity index (χ2n) is 6.83. The Labute approximate surface area is 177 Å². The summed E-state index contributed by atoms with van der Waals surface area (Å²) < 4.78 is 21.8. The first-order chi connectivity index (χ1) is 14.6. The van der Waals surface area contributed by atoms with Crippen LogP contribution in [0.4, 0.5) is 0 Å². The van der Waals surface area contributed by atoms with Crippen molar-refractivity contribution in [3.05, 3.63) is 53.1 Å². The van der Waals surface area contributed by atoms with Crippen LogP contribution in [0.3, 0.4) is 0 Å². The molecule has 2 N–H and O–H groups in total. The monoisotopic (exact) mass is 417 g/mol. The number of nitrogens with one attached hydrogen (secondary N) is 1. The summed E-state index contributed by atoms with van der Waals surface area (Å²) in [5.74, 6) is 0.925. The summed E-state index contributed by atoms with van der Waals surface area (Å²) in [6.45, 7) is 2.82. The Morgan fingerprint density at radius 3 is 2.13 bits per heavy atom. The summed E-state index contributed by atoms with van der Waals surface area (Å²) in [7, 11) is 4.78. The van der Waals surface area contributed by atoms with E-state index in [0.29, 0.717) is 36.0 Å². The summed E-state index contributed by atoms with van der Waals surface area (Å²) in [4.78, 5) is 10.8. The zero-order valence-electron chi connectivity index (χ0n) is 17.9. The number of carboxylic acids is 1. The first-order valence-corrected chi connectivity index (χ1v) is 9.98. The number of aromatic carboxylic acids is 1. The highest BCUT2D eigenvalue weighted by Gasteiger charge is 2.13. The summed E-state index contributed by atoms with van der Waals surface area (Å²) in [6.07, 6.45) is 3.11. The number of carboxylic acid groups (broad SMARTS) is 1. The molecule has 0 aliphatic carbocycles. The molecular formula is C23H31NO6. The van der Waals surface area contributed by atoms with Crippen LogP contribution in [0.15, 0.2) is 36.4 Å². The molecule has 0 bridgehead atoms. The van der Waals surface area contributed by atoms with E-state index in [1.807, 2.05) is 24.3 Å². The first-order valence-electron chi connectivity index (χ1n) is 9.98. The van der Waals surface area contributed by atoms with E-state index in [4.69, 9.17) is 24.1 Å². The van der Waals surface area contributed by atoms with Crippen molar-refractivity contribution < 1.29 is 28.8 Å². The summed E-state index contributed by atoms with van der Waals surface area (Å²) in [6, 6.07) is 10.7. The maximum atomic E-state index is 10.8. The average molecular weight is 418 g/mol. The number of hydrogen-bond acceptors (Lipinski definition) is 6. The fourth-order valence-corrected chi connectivity index (χ4v) is 3.04. The fourth-order valence-electron chi connectivity index (χ4n) is 3.04. The molecule has 0 atom stereocenters. The second-order valence-corrected chi connectivity index (χ2v) is 6.83. The van der Waals surface area contributed by atoms with Crippen LogP contribution in [0.2, 0.25) is 0 Å². The number of hydrogen-bond donors (Lipinski definition) is 2. The molecule has 164 valence electrons. The van der Waals surface area contributed by atoms with Gasteiger partial charge in [0.2, 0.25) is 5.75 Å². The third-order valence-corrected chi connectivity index (χ3v) is 4.67. The van der Waals surface area contributed by atoms with E-state index in [0.717, 1.165) is 43.5 Å². The Morgan fingerprint density at radius 2 is 1.57 bits per heavy atom. The lowest BCUT2D eigenvalue weighted by molar-refractivity contribution is 0.0697. The highest BCUT2D eigenvalue weighted by Crippen LogP contribution is 2.38. The van der Waals surface area contributed by atoms with Crippen LogP contribution in [-0.2, 0) is 17.9 Å². The lowest BCUT2D eigenvalue weighted by atomic mass is 10.1. The molecule has 0 saturated carbocycles. The van der Waals surface area contributed by atoms with Crippen LogP contribution in [0, 0.1) is 0 Å². The third-order valence-electron chi connectivity index (χ3n) is 4.67. The highest BCUT2D eigenvalue weighted by atomic mass is 16.5. The maximum Gasteiger partial charge on any atom is 0.335 e. The van der Waals surface area contributed by atoms with Gasteiger partial charge in [-0.25, -0.2) is 4.79 Å². The molecule has 7 heteroatoms. The van der Waals surface area contributed by atoms with Crippen molar-refractivity contribution in [2.45, 2.75) is 32.4 Å². The molecule has 0 aromatic heterocycles. The van der Waals surface area contributed by atoms with Gasteiger partial charge in [-0.3, -0.25) is 0 Å². The fraction of sp³-hybridized carbons (Fsp3) is 0.435. The molecule has 0 amide bonds. The zero-order chi connectivity index (χ0) is 21.8. The second kappa shape index (κ2) is 12.7. The SMILES string of the molecule is COc1cc(COCCCCCNCc2ccc(C(=O)O)cc2)cc(OC)c1OC. The van der Waals surface area contributed by atoms with E-state index in [1.54, 1.807) is 33.5 Å². The molecule has 2 rings (SSSR count). The van der Waals surface area contributed by atoms with Crippen molar-refractivity contribution in [1.29, 1.82) is 0 Å². The van der Waals surface area contributed by atoms with E-state index in [9.17, 15) is 4.79 Å². The lowest BCUT2D eigenvalue weighted by Gasteiger charge is -2.14. The standard InChI is InChI=1S/C23H31NO6/c1-27-20-13-18(14-21(28-2)22(20)29-3)16-30-12-6-4-5-11-24-15-17-7-9-19(10-8-17)23(25)26/h7-10,13-14,24H,4-6,11-12,15-16H2,1-3H3,(H,25,26). The maximum absolute atomic E-state index is 10.8. The van der Waals surface area contributed by atoms with E-state index in [-0.39, 0.29) is 0 Å². The Morgan fingerprint density at radius 1 is 0.900 bits per heavy atom. The lowest BCUT2D eigenvalue weighted by Crippen LogP contribution is -2.14. The topological polar surface area (TPSA) is 86.3 Å². The molecule has 0 aliphatic rings. The predicted molar refractivity (Wildman–Crippen MR) is 115 cm³/mol. The van der Waals surface area contributed by atoms with Gasteiger partial charge in [0.05, 0.1) is 33.5 Å². The van der Waals surface area contributed by atoms with Crippen molar-refractivity contribution in [2.75, 3.05) is 34.5 Å². The van der Waals surface area contributed by atoms with Crippen LogP contribution in [0.1, 0.15) is 40.7 Å². The van der Waals surface area contributed by atoms with Crippen molar-refractivity contribution >= 4 is 5.97 Å². The zero-order valence-corrected chi connectivity index (χ0v) is 17.9. The third kappa shape index (κ3) is 7.24. The molecule has 0 saturated heterocycles. The Kier molecular flexibility index (Phi) is 9.97. The molecule has 30 heavy (non-hydrogen) atoms. The van der Waals surface area contributed by atoms with Crippen molar-refractivity contribution in [2.24, 2.45) is 0 Å². The van der Waals surface area contributed by atoms with Gasteiger partial charge in [0.15, 0.2) is 11.5 Å². The largest absolute Gasteiger partial charge is 0.493 e. The molecule has 0 aliphatic heterocycles. The number of unbranched alkanes of at least 4 members (excludes halogenated alkanes) is 2. The molecular weight excluding hydrogens is 386 g/mol. The quantitative estimate of drug-likeness (QED) is 0.451. The molecule has 0 unspecified atom stereocenters. The Balaban J connectivity index is 1.59. The predicted octanol–water partition coefficient (Wildman–Crippen LogP) is 3.89. The van der Waals surface area contributed by atoms with E-state index in [1.165, 1.54) is 0 Å². The average Bonchev–Trinajstić information content (AvgIpc) is 2.77. The summed E-state index contributed by atoms with van der Waals surface area (Å²) in [5.41, 5.74) is 2.36. The first kappa shape index (κ1) is 23.5. The molecule has 2 aromatic carbocycles. The van der Waals surface area contributed by atoms with Crippen LogP contribution >= 0.6 is 0 Å². The minimum Gasteiger partial charge on any atom is -0.493 e. The number of benzene rings is 2. The molecule has 7 nitrogen and oxygen atoms in total. The molecule has 2 aromatic rings. The van der Waals surface area contributed by atoms with Crippen molar-refractivity contribution in [3.8, 4) is 17.2 Å². The summed E-state index contributed by atoms with van der Waals surface area (Å²) >= 11 is 0. The van der Waals surface area contributed by atoms with Gasteiger partial charge in [0.1, 0.15) is 0 Å². The van der Waals surface area contributed by atoms with E-state index < -0.39 is 5.97 Å². The van der Waals surface area contributed by atoms with Gasteiger partial charge in [0, 0.05) is 13.2 Å². The van der Waals surface area contributed by atoms with E-state index >= 15 is 0 Å². The van der Waals surface area contributed by atoms with Gasteiger partial charge in [-0.15, -0.1) is 0 Å². The minimum atomic E-state index is -0.901. The minimum absolute atomic E-state index is 0.310. The Hall–Kier alpha value is -2.77. The summed E-state index contributed by atoms with van der Waals surface area (Å²) in [5, 5.41) is 12.3. The van der Waals surface area contributed by atoms with E-state index in [2.05, 4.69) is 5.32 Å².